The lowest BCUT2D eigenvalue weighted by molar-refractivity contribution is -0.153. The molecule has 0 aromatic rings. The van der Waals surface area contributed by atoms with E-state index in [1.54, 1.807) is 0 Å². The summed E-state index contributed by atoms with van der Waals surface area (Å²) in [5.74, 6) is -7.75. The minimum atomic E-state index is -3.94. The molecule has 1 fully saturated rings. The van der Waals surface area contributed by atoms with E-state index in [2.05, 4.69) is 22.9 Å². The molecule has 37 heavy (non-hydrogen) atoms. The number of halogens is 2. The molecule has 0 bridgehead atoms. The molecule has 4 amide bonds. The lowest BCUT2D eigenvalue weighted by Gasteiger charge is -2.31. The first-order valence-corrected chi connectivity index (χ1v) is 13.6. The van der Waals surface area contributed by atoms with Crippen LogP contribution in [0.2, 0.25) is 0 Å². The molecule has 1 rings (SSSR count). The van der Waals surface area contributed by atoms with Crippen molar-refractivity contribution in [3.05, 3.63) is 0 Å². The first kappa shape index (κ1) is 32.7. The van der Waals surface area contributed by atoms with Crippen molar-refractivity contribution in [2.75, 3.05) is 13.1 Å². The van der Waals surface area contributed by atoms with Crippen LogP contribution in [-0.2, 0) is 19.2 Å². The molecule has 0 saturated carbocycles. The second kappa shape index (κ2) is 15.8. The number of nitrogens with two attached hydrogens (primary N) is 1. The van der Waals surface area contributed by atoms with Crippen molar-refractivity contribution in [1.29, 1.82) is 0 Å². The van der Waals surface area contributed by atoms with Crippen LogP contribution in [0.25, 0.3) is 0 Å². The highest BCUT2D eigenvalue weighted by molar-refractivity contribution is 5.95. The van der Waals surface area contributed by atoms with Crippen LogP contribution >= 0.6 is 0 Å². The second-order valence-corrected chi connectivity index (χ2v) is 11.2. The van der Waals surface area contributed by atoms with Gasteiger partial charge in [0.05, 0.1) is 6.54 Å². The first-order chi connectivity index (χ1) is 17.3. The van der Waals surface area contributed by atoms with E-state index >= 15 is 8.78 Å². The minimum absolute atomic E-state index is 0.110. The predicted octanol–water partition coefficient (Wildman–Crippen LogP) is 2.52. The summed E-state index contributed by atoms with van der Waals surface area (Å²) < 4.78 is 30.5. The Morgan fingerprint density at radius 2 is 1.43 bits per heavy atom. The van der Waals surface area contributed by atoms with Crippen LogP contribution in [0.15, 0.2) is 0 Å². The number of carbonyl (C=O) groups excluding carboxylic acids is 4. The molecule has 1 saturated heterocycles. The molecule has 0 radical (unpaired) electrons. The third-order valence-corrected chi connectivity index (χ3v) is 6.36. The van der Waals surface area contributed by atoms with Gasteiger partial charge in [-0.3, -0.25) is 19.2 Å². The molecule has 0 aromatic heterocycles. The number of alkyl halides is 2. The largest absolute Gasteiger partial charge is 0.345 e. The van der Waals surface area contributed by atoms with Crippen molar-refractivity contribution >= 4 is 23.6 Å². The SMILES string of the molecule is CCCCCCCCCC1NC(=O)[C@H](CC(C)(C)C)NC(=O)[C@H](CCCN)NC(=O)CNC(=O)C1(F)F. The van der Waals surface area contributed by atoms with Crippen LogP contribution in [0.4, 0.5) is 8.78 Å². The molecule has 6 N–H and O–H groups in total. The molecule has 214 valence electrons. The maximum absolute atomic E-state index is 15.3. The van der Waals surface area contributed by atoms with E-state index < -0.39 is 59.6 Å². The van der Waals surface area contributed by atoms with Crippen LogP contribution in [0.1, 0.15) is 98.3 Å². The number of carbonyl (C=O) groups is 4. The summed E-state index contributed by atoms with van der Waals surface area (Å²) in [6.45, 7) is 7.25. The average Bonchev–Trinajstić information content (AvgIpc) is 2.81. The normalized spacial score (nSPS) is 23.6. The van der Waals surface area contributed by atoms with Crippen molar-refractivity contribution in [2.24, 2.45) is 11.1 Å². The van der Waals surface area contributed by atoms with Gasteiger partial charge in [-0.2, -0.15) is 8.78 Å². The summed E-state index contributed by atoms with van der Waals surface area (Å²) >= 11 is 0. The molecular weight excluding hydrogens is 484 g/mol. The van der Waals surface area contributed by atoms with E-state index in [4.69, 9.17) is 5.73 Å². The molecule has 0 spiro atoms. The minimum Gasteiger partial charge on any atom is -0.345 e. The topological polar surface area (TPSA) is 142 Å². The first-order valence-electron chi connectivity index (χ1n) is 13.6. The van der Waals surface area contributed by atoms with Crippen molar-refractivity contribution < 1.29 is 28.0 Å². The molecule has 3 atom stereocenters. The van der Waals surface area contributed by atoms with E-state index in [1.807, 2.05) is 26.1 Å². The van der Waals surface area contributed by atoms with Crippen LogP contribution in [0.3, 0.4) is 0 Å². The highest BCUT2D eigenvalue weighted by atomic mass is 19.3. The highest BCUT2D eigenvalue weighted by Gasteiger charge is 2.48. The van der Waals surface area contributed by atoms with Crippen LogP contribution in [-0.4, -0.2) is 60.8 Å². The van der Waals surface area contributed by atoms with E-state index in [9.17, 15) is 19.2 Å². The lowest BCUT2D eigenvalue weighted by Crippen LogP contribution is -2.59. The number of unbranched alkanes of at least 4 members (excludes halogenated alkanes) is 6. The maximum atomic E-state index is 15.3. The third-order valence-electron chi connectivity index (χ3n) is 6.36. The zero-order chi connectivity index (χ0) is 28.1. The number of hydrogen-bond donors (Lipinski definition) is 5. The molecule has 9 nitrogen and oxygen atoms in total. The van der Waals surface area contributed by atoms with Gasteiger partial charge in [-0.25, -0.2) is 0 Å². The number of nitrogens with one attached hydrogen (secondary N) is 4. The average molecular weight is 532 g/mol. The molecule has 1 unspecified atom stereocenters. The summed E-state index contributed by atoms with van der Waals surface area (Å²) in [4.78, 5) is 51.1. The van der Waals surface area contributed by atoms with Crippen LogP contribution in [0.5, 0.6) is 0 Å². The monoisotopic (exact) mass is 531 g/mol. The van der Waals surface area contributed by atoms with Gasteiger partial charge in [0.2, 0.25) is 17.7 Å². The molecule has 0 aromatic carbocycles. The fraction of sp³-hybridized carbons (Fsp3) is 0.846. The Morgan fingerprint density at radius 3 is 2.03 bits per heavy atom. The fourth-order valence-corrected chi connectivity index (χ4v) is 4.29. The lowest BCUT2D eigenvalue weighted by atomic mass is 9.87. The fourth-order valence-electron chi connectivity index (χ4n) is 4.29. The van der Waals surface area contributed by atoms with Crippen molar-refractivity contribution in [3.63, 3.8) is 0 Å². The van der Waals surface area contributed by atoms with E-state index in [0.29, 0.717) is 19.3 Å². The van der Waals surface area contributed by atoms with Gasteiger partial charge in [0, 0.05) is 0 Å². The molecule has 1 heterocycles. The quantitative estimate of drug-likeness (QED) is 0.246. The van der Waals surface area contributed by atoms with Gasteiger partial charge in [0.25, 0.3) is 5.91 Å². The Kier molecular flexibility index (Phi) is 14.0. The van der Waals surface area contributed by atoms with Gasteiger partial charge in [0.15, 0.2) is 0 Å². The summed E-state index contributed by atoms with van der Waals surface area (Å²) in [7, 11) is 0. The third kappa shape index (κ3) is 12.2. The molecule has 11 heteroatoms. The van der Waals surface area contributed by atoms with Gasteiger partial charge < -0.3 is 27.0 Å². The summed E-state index contributed by atoms with van der Waals surface area (Å²) in [5.41, 5.74) is 5.12. The Hall–Kier alpha value is -2.30. The number of hydrogen-bond acceptors (Lipinski definition) is 5. The molecule has 0 aliphatic carbocycles. The second-order valence-electron chi connectivity index (χ2n) is 11.2. The Morgan fingerprint density at radius 1 is 0.838 bits per heavy atom. The Labute approximate surface area is 219 Å². The van der Waals surface area contributed by atoms with Gasteiger partial charge >= 0.3 is 5.92 Å². The number of amides is 4. The smallest absolute Gasteiger partial charge is 0.344 e. The van der Waals surface area contributed by atoms with Gasteiger partial charge in [-0.1, -0.05) is 72.6 Å². The van der Waals surface area contributed by atoms with Crippen molar-refractivity contribution in [3.8, 4) is 0 Å². The van der Waals surface area contributed by atoms with Gasteiger partial charge in [0.1, 0.15) is 18.1 Å². The Balaban J connectivity index is 3.17. The van der Waals surface area contributed by atoms with Gasteiger partial charge in [-0.15, -0.1) is 0 Å². The zero-order valence-electron chi connectivity index (χ0n) is 22.9. The standard InChI is InChI=1S/C26H47F2N5O4/c1-5-6-7-8-9-10-11-14-20-26(27,28)24(37)30-17-21(34)31-18(13-12-15-29)22(35)32-19(23(36)33-20)16-25(2,3)4/h18-20H,5-17,29H2,1-4H3,(H,30,37)(H,31,34)(H,32,35)(H,33,36)/t18-,19-,20?/m0/s1. The predicted molar refractivity (Wildman–Crippen MR) is 139 cm³/mol. The maximum Gasteiger partial charge on any atom is 0.344 e. The van der Waals surface area contributed by atoms with E-state index in [1.165, 1.54) is 0 Å². The number of rotatable bonds is 12. The van der Waals surface area contributed by atoms with Crippen LogP contribution < -0.4 is 27.0 Å². The van der Waals surface area contributed by atoms with E-state index in [0.717, 1.165) is 32.1 Å². The summed E-state index contributed by atoms with van der Waals surface area (Å²) in [5, 5.41) is 9.42. The van der Waals surface area contributed by atoms with E-state index in [-0.39, 0.29) is 25.8 Å². The van der Waals surface area contributed by atoms with Gasteiger partial charge in [-0.05, 0) is 37.6 Å². The molecule has 1 aliphatic heterocycles. The summed E-state index contributed by atoms with van der Waals surface area (Å²) in [6.07, 6.45) is 6.96. The zero-order valence-corrected chi connectivity index (χ0v) is 22.9. The summed E-state index contributed by atoms with van der Waals surface area (Å²) in [6, 6.07) is -3.92. The van der Waals surface area contributed by atoms with Crippen LogP contribution in [0, 0.1) is 5.41 Å². The van der Waals surface area contributed by atoms with Crippen molar-refractivity contribution in [2.45, 2.75) is 122 Å². The van der Waals surface area contributed by atoms with Crippen molar-refractivity contribution in [1.82, 2.24) is 21.3 Å². The molecule has 1 aliphatic rings. The highest BCUT2D eigenvalue weighted by Crippen LogP contribution is 2.26. The molecular formula is C26H47F2N5O4. The Bertz CT molecular complexity index is 758.